The van der Waals surface area contributed by atoms with Gasteiger partial charge in [0.25, 0.3) is 5.56 Å². The molecule has 8 nitrogen and oxygen atoms in total. The van der Waals surface area contributed by atoms with Gasteiger partial charge in [0, 0.05) is 15.1 Å². The SMILES string of the molecule is CCOC(=O)COc1ccc(Br)cc1/C=c1\sc2n(c1=O)[C@@H](c1ccccc1Cl)C(C(=O)OCC)=C(C)N=2. The van der Waals surface area contributed by atoms with Gasteiger partial charge in [-0.3, -0.25) is 9.36 Å². The molecule has 1 aromatic heterocycles. The van der Waals surface area contributed by atoms with Crippen LogP contribution in [0.15, 0.2) is 68.0 Å². The van der Waals surface area contributed by atoms with E-state index in [0.717, 1.165) is 4.47 Å². The van der Waals surface area contributed by atoms with Crippen molar-refractivity contribution in [1.29, 1.82) is 0 Å². The number of allylic oxidation sites excluding steroid dienone is 1. The van der Waals surface area contributed by atoms with Crippen molar-refractivity contribution in [2.24, 2.45) is 4.99 Å². The summed E-state index contributed by atoms with van der Waals surface area (Å²) in [5.41, 5.74) is 1.50. The second-order valence-corrected chi connectivity index (χ2v) is 10.4. The second kappa shape index (κ2) is 12.1. The Balaban J connectivity index is 1.88. The maximum atomic E-state index is 13.8. The summed E-state index contributed by atoms with van der Waals surface area (Å²) in [6.07, 6.45) is 1.67. The highest BCUT2D eigenvalue weighted by atomic mass is 79.9. The molecule has 198 valence electrons. The first kappa shape index (κ1) is 27.8. The minimum Gasteiger partial charge on any atom is -0.481 e. The van der Waals surface area contributed by atoms with Gasteiger partial charge in [-0.25, -0.2) is 14.6 Å². The minimum atomic E-state index is -0.816. The molecule has 0 amide bonds. The van der Waals surface area contributed by atoms with Crippen LogP contribution in [0.5, 0.6) is 5.75 Å². The van der Waals surface area contributed by atoms with E-state index in [2.05, 4.69) is 20.9 Å². The zero-order valence-corrected chi connectivity index (χ0v) is 24.0. The maximum absolute atomic E-state index is 13.8. The Morgan fingerprint density at radius 3 is 2.61 bits per heavy atom. The van der Waals surface area contributed by atoms with Crippen LogP contribution in [0.1, 0.15) is 37.9 Å². The average Bonchev–Trinajstić information content (AvgIpc) is 3.17. The number of halogens is 2. The number of thiazole rings is 1. The standard InChI is InChI=1S/C27H24BrClN2O6S/c1-4-35-22(32)14-37-20-11-10-17(28)12-16(20)13-21-25(33)31-24(18-8-6-7-9-19(18)29)23(26(34)36-5-2)15(3)30-27(31)38-21/h6-13,24H,4-5,14H2,1-3H3/b21-13-/t24-/m0/s1. The first-order valence-corrected chi connectivity index (χ1v) is 13.8. The molecule has 11 heteroatoms. The molecule has 2 aromatic carbocycles. The molecule has 3 aromatic rings. The van der Waals surface area contributed by atoms with Gasteiger partial charge in [-0.1, -0.05) is 57.1 Å². The number of carbonyl (C=O) groups is 2. The zero-order chi connectivity index (χ0) is 27.4. The number of benzene rings is 2. The molecule has 1 aliphatic rings. The largest absolute Gasteiger partial charge is 0.481 e. The molecule has 38 heavy (non-hydrogen) atoms. The van der Waals surface area contributed by atoms with Crippen molar-refractivity contribution in [3.8, 4) is 5.75 Å². The Kier molecular flexibility index (Phi) is 8.86. The number of esters is 2. The van der Waals surface area contributed by atoms with Gasteiger partial charge >= 0.3 is 11.9 Å². The summed E-state index contributed by atoms with van der Waals surface area (Å²) in [6.45, 7) is 5.29. The van der Waals surface area contributed by atoms with E-state index in [4.69, 9.17) is 25.8 Å². The first-order valence-electron chi connectivity index (χ1n) is 11.8. The molecule has 0 fully saturated rings. The van der Waals surface area contributed by atoms with Gasteiger partial charge in [0.05, 0.1) is 29.0 Å². The fraction of sp³-hybridized carbons (Fsp3) is 0.259. The highest BCUT2D eigenvalue weighted by Gasteiger charge is 2.34. The van der Waals surface area contributed by atoms with Crippen molar-refractivity contribution >= 4 is 56.9 Å². The minimum absolute atomic E-state index is 0.173. The van der Waals surface area contributed by atoms with Crippen molar-refractivity contribution in [3.63, 3.8) is 0 Å². The number of rotatable bonds is 8. The van der Waals surface area contributed by atoms with E-state index in [1.165, 1.54) is 15.9 Å². The van der Waals surface area contributed by atoms with Gasteiger partial charge in [0.2, 0.25) is 0 Å². The Labute approximate surface area is 236 Å². The van der Waals surface area contributed by atoms with E-state index in [0.29, 0.717) is 36.9 Å². The number of aromatic nitrogens is 1. The van der Waals surface area contributed by atoms with E-state index < -0.39 is 18.0 Å². The van der Waals surface area contributed by atoms with Crippen LogP contribution in [0.4, 0.5) is 0 Å². The van der Waals surface area contributed by atoms with Crippen LogP contribution in [0.3, 0.4) is 0 Å². The number of hydrogen-bond acceptors (Lipinski definition) is 8. The highest BCUT2D eigenvalue weighted by molar-refractivity contribution is 9.10. The van der Waals surface area contributed by atoms with E-state index >= 15 is 0 Å². The predicted molar refractivity (Wildman–Crippen MR) is 148 cm³/mol. The summed E-state index contributed by atoms with van der Waals surface area (Å²) in [5.74, 6) is -0.657. The van der Waals surface area contributed by atoms with Crippen molar-refractivity contribution < 1.29 is 23.8 Å². The summed E-state index contributed by atoms with van der Waals surface area (Å²) in [7, 11) is 0. The van der Waals surface area contributed by atoms with Gasteiger partial charge in [0.15, 0.2) is 11.4 Å². The Morgan fingerprint density at radius 2 is 1.89 bits per heavy atom. The van der Waals surface area contributed by atoms with Crippen molar-refractivity contribution in [1.82, 2.24) is 4.57 Å². The molecule has 4 rings (SSSR count). The van der Waals surface area contributed by atoms with E-state index in [1.54, 1.807) is 69.3 Å². The molecular weight excluding hydrogens is 596 g/mol. The summed E-state index contributed by atoms with van der Waals surface area (Å²) in [6, 6.07) is 11.5. The monoisotopic (exact) mass is 618 g/mol. The lowest BCUT2D eigenvalue weighted by molar-refractivity contribution is -0.145. The highest BCUT2D eigenvalue weighted by Crippen LogP contribution is 2.34. The van der Waals surface area contributed by atoms with Crippen LogP contribution in [0.25, 0.3) is 6.08 Å². The van der Waals surface area contributed by atoms with Gasteiger partial charge in [-0.2, -0.15) is 0 Å². The van der Waals surface area contributed by atoms with E-state index in [1.807, 2.05) is 0 Å². The molecule has 0 saturated carbocycles. The average molecular weight is 620 g/mol. The lowest BCUT2D eigenvalue weighted by Gasteiger charge is -2.25. The molecule has 0 spiro atoms. The van der Waals surface area contributed by atoms with E-state index in [9.17, 15) is 14.4 Å². The predicted octanol–water partition coefficient (Wildman–Crippen LogP) is 4.16. The second-order valence-electron chi connectivity index (χ2n) is 8.10. The Morgan fingerprint density at radius 1 is 1.16 bits per heavy atom. The molecule has 0 radical (unpaired) electrons. The van der Waals surface area contributed by atoms with Crippen LogP contribution in [0, 0.1) is 0 Å². The van der Waals surface area contributed by atoms with Gasteiger partial charge in [-0.15, -0.1) is 0 Å². The Hall–Kier alpha value is -3.21. The van der Waals surface area contributed by atoms with Crippen LogP contribution in [-0.4, -0.2) is 36.3 Å². The van der Waals surface area contributed by atoms with Crippen LogP contribution < -0.4 is 19.6 Å². The lowest BCUT2D eigenvalue weighted by Crippen LogP contribution is -2.40. The number of fused-ring (bicyclic) bond motifs is 1. The number of carbonyl (C=O) groups excluding carboxylic acids is 2. The molecule has 0 saturated heterocycles. The van der Waals surface area contributed by atoms with Crippen LogP contribution in [0.2, 0.25) is 5.02 Å². The molecular formula is C27H24BrClN2O6S. The fourth-order valence-electron chi connectivity index (χ4n) is 4.03. The van der Waals surface area contributed by atoms with Crippen LogP contribution >= 0.6 is 38.9 Å². The fourth-order valence-corrected chi connectivity index (χ4v) is 5.68. The van der Waals surface area contributed by atoms with Crippen LogP contribution in [-0.2, 0) is 19.1 Å². The summed E-state index contributed by atoms with van der Waals surface area (Å²) in [4.78, 5) is 43.7. The maximum Gasteiger partial charge on any atom is 0.344 e. The molecule has 0 N–H and O–H groups in total. The molecule has 1 atom stereocenters. The number of hydrogen-bond donors (Lipinski definition) is 0. The summed E-state index contributed by atoms with van der Waals surface area (Å²) < 4.78 is 18.5. The smallest absolute Gasteiger partial charge is 0.344 e. The zero-order valence-electron chi connectivity index (χ0n) is 20.8. The molecule has 0 bridgehead atoms. The van der Waals surface area contributed by atoms with Gasteiger partial charge in [-0.05, 0) is 56.7 Å². The van der Waals surface area contributed by atoms with E-state index in [-0.39, 0.29) is 31.0 Å². The summed E-state index contributed by atoms with van der Waals surface area (Å²) in [5, 5.41) is 0.408. The number of ether oxygens (including phenoxy) is 3. The van der Waals surface area contributed by atoms with Crippen molar-refractivity contribution in [3.05, 3.63) is 94.0 Å². The van der Waals surface area contributed by atoms with Gasteiger partial charge in [0.1, 0.15) is 11.8 Å². The molecule has 1 aliphatic heterocycles. The third kappa shape index (κ3) is 5.77. The third-order valence-electron chi connectivity index (χ3n) is 5.63. The molecule has 2 heterocycles. The first-order chi connectivity index (χ1) is 18.2. The third-order valence-corrected chi connectivity index (χ3v) is 7.45. The van der Waals surface area contributed by atoms with Gasteiger partial charge < -0.3 is 14.2 Å². The lowest BCUT2D eigenvalue weighted by atomic mass is 9.96. The normalized spacial score (nSPS) is 15.1. The molecule has 0 aliphatic carbocycles. The molecule has 0 unspecified atom stereocenters. The quantitative estimate of drug-likeness (QED) is 0.352. The number of nitrogens with zero attached hydrogens (tertiary/aromatic N) is 2. The Bertz CT molecular complexity index is 1610. The van der Waals surface area contributed by atoms with Crippen molar-refractivity contribution in [2.75, 3.05) is 19.8 Å². The summed E-state index contributed by atoms with van der Waals surface area (Å²) >= 11 is 11.2. The topological polar surface area (TPSA) is 96.2 Å². The van der Waals surface area contributed by atoms with Crippen molar-refractivity contribution in [2.45, 2.75) is 26.8 Å².